The summed E-state index contributed by atoms with van der Waals surface area (Å²) < 4.78 is 5.93. The summed E-state index contributed by atoms with van der Waals surface area (Å²) >= 11 is 0. The highest BCUT2D eigenvalue weighted by Gasteiger charge is 2.24. The number of unbranched alkanes of at least 4 members (excludes halogenated alkanes) is 30. The lowest BCUT2D eigenvalue weighted by Gasteiger charge is -2.24. The average molecular weight is 844 g/mol. The molecule has 6 nitrogen and oxygen atoms in total. The summed E-state index contributed by atoms with van der Waals surface area (Å²) in [5.41, 5.74) is 0. The lowest BCUT2D eigenvalue weighted by molar-refractivity contribution is -0.151. The molecule has 0 aromatic rings. The van der Waals surface area contributed by atoms with Crippen LogP contribution in [0.15, 0.2) is 36.5 Å². The maximum absolute atomic E-state index is 13.2. The number of amides is 1. The Bertz CT molecular complexity index is 993. The quantitative estimate of drug-likeness (QED) is 0.0245. The van der Waals surface area contributed by atoms with Gasteiger partial charge in [-0.25, -0.2) is 0 Å². The highest BCUT2D eigenvalue weighted by atomic mass is 16.5. The molecule has 0 saturated carbocycles. The van der Waals surface area contributed by atoms with E-state index < -0.39 is 18.2 Å². The number of nitrogens with one attached hydrogen (secondary N) is 1. The molecular formula is C54H101NO5. The Kier molecular flexibility index (Phi) is 46.6. The van der Waals surface area contributed by atoms with Gasteiger partial charge in [-0.05, 0) is 77.0 Å². The van der Waals surface area contributed by atoms with Crippen LogP contribution in [0.25, 0.3) is 0 Å². The zero-order chi connectivity index (χ0) is 43.8. The Labute approximate surface area is 373 Å². The Hall–Kier alpha value is -1.92. The fourth-order valence-electron chi connectivity index (χ4n) is 7.95. The van der Waals surface area contributed by atoms with Crippen molar-refractivity contribution in [2.24, 2.45) is 0 Å². The molecule has 0 rings (SSSR count). The molecule has 352 valence electrons. The first-order valence-corrected chi connectivity index (χ1v) is 26.2. The molecule has 0 heterocycles. The molecule has 0 aromatic carbocycles. The third kappa shape index (κ3) is 42.8. The summed E-state index contributed by atoms with van der Waals surface area (Å²) in [6.45, 7) is 6.46. The van der Waals surface area contributed by atoms with Crippen LogP contribution in [0, 0.1) is 0 Å². The Morgan fingerprint density at radius 2 is 0.850 bits per heavy atom. The van der Waals surface area contributed by atoms with Crippen molar-refractivity contribution in [2.75, 3.05) is 6.61 Å². The first-order chi connectivity index (χ1) is 29.5. The Morgan fingerprint density at radius 1 is 0.483 bits per heavy atom. The van der Waals surface area contributed by atoms with Crippen LogP contribution in [0.1, 0.15) is 271 Å². The fourth-order valence-corrected chi connectivity index (χ4v) is 7.95. The molecule has 6 heteroatoms. The molecular weight excluding hydrogens is 743 g/mol. The molecule has 60 heavy (non-hydrogen) atoms. The van der Waals surface area contributed by atoms with Gasteiger partial charge in [0.25, 0.3) is 0 Å². The van der Waals surface area contributed by atoms with E-state index >= 15 is 0 Å². The molecule has 0 aliphatic carbocycles. The van der Waals surface area contributed by atoms with Crippen molar-refractivity contribution < 1.29 is 24.5 Å². The number of allylic oxidation sites excluding steroid dienone is 6. The molecule has 0 spiro atoms. The minimum absolute atomic E-state index is 0.0676. The van der Waals surface area contributed by atoms with Gasteiger partial charge < -0.3 is 20.3 Å². The number of carbonyl (C=O) groups excluding carboxylic acids is 2. The number of esters is 1. The van der Waals surface area contributed by atoms with E-state index in [0.717, 1.165) is 77.0 Å². The van der Waals surface area contributed by atoms with Crippen LogP contribution >= 0.6 is 0 Å². The molecule has 0 aliphatic rings. The van der Waals surface area contributed by atoms with Crippen molar-refractivity contribution in [1.29, 1.82) is 0 Å². The molecule has 0 bridgehead atoms. The lowest BCUT2D eigenvalue weighted by atomic mass is 10.0. The fraction of sp³-hybridized carbons (Fsp3) is 0.852. The SMILES string of the molecule is CCCCCC/C=C\CCCCCCCC(CC(=O)NC(CO)C(O)CCCCCCCCCCCC)OC(=O)CCCCCCC/C=C/C=C/CCCCCCCCC. The maximum atomic E-state index is 13.2. The number of hydrogen-bond donors (Lipinski definition) is 3. The van der Waals surface area contributed by atoms with Gasteiger partial charge in [0.2, 0.25) is 5.91 Å². The number of aliphatic hydroxyl groups is 2. The molecule has 1 amide bonds. The number of carbonyl (C=O) groups is 2. The number of rotatable bonds is 47. The second kappa shape index (κ2) is 48.1. The molecule has 0 fully saturated rings. The molecule has 3 N–H and O–H groups in total. The molecule has 3 atom stereocenters. The van der Waals surface area contributed by atoms with Gasteiger partial charge in [0.05, 0.1) is 25.2 Å². The standard InChI is InChI=1S/C54H101NO5/c1-4-7-10-13-16-19-22-24-25-26-27-28-30-32-35-38-41-44-47-54(59)60-50(45-42-39-36-33-31-29-23-20-17-14-11-8-5-2)48-53(58)55-51(49-56)52(57)46-43-40-37-34-21-18-15-12-9-6-3/h20,23,25-28,50-52,56-57H,4-19,21-22,24,29-49H2,1-3H3,(H,55,58)/b23-20-,26-25+,28-27+. The number of ether oxygens (including phenoxy) is 1. The van der Waals surface area contributed by atoms with Gasteiger partial charge in [-0.3, -0.25) is 9.59 Å². The third-order valence-corrected chi connectivity index (χ3v) is 12.0. The van der Waals surface area contributed by atoms with E-state index in [4.69, 9.17) is 4.74 Å². The Morgan fingerprint density at radius 3 is 1.30 bits per heavy atom. The first-order valence-electron chi connectivity index (χ1n) is 26.2. The topological polar surface area (TPSA) is 95.9 Å². The number of aliphatic hydroxyl groups excluding tert-OH is 2. The van der Waals surface area contributed by atoms with Crippen LogP contribution in [-0.2, 0) is 14.3 Å². The molecule has 0 saturated heterocycles. The van der Waals surface area contributed by atoms with Crippen molar-refractivity contribution in [1.82, 2.24) is 5.32 Å². The van der Waals surface area contributed by atoms with Gasteiger partial charge in [0.15, 0.2) is 0 Å². The van der Waals surface area contributed by atoms with Gasteiger partial charge in [-0.2, -0.15) is 0 Å². The second-order valence-electron chi connectivity index (χ2n) is 17.9. The highest BCUT2D eigenvalue weighted by molar-refractivity contribution is 5.77. The zero-order valence-electron chi connectivity index (χ0n) is 40.1. The van der Waals surface area contributed by atoms with E-state index in [9.17, 15) is 19.8 Å². The van der Waals surface area contributed by atoms with Crippen molar-refractivity contribution in [3.05, 3.63) is 36.5 Å². The van der Waals surface area contributed by atoms with Gasteiger partial charge in [-0.15, -0.1) is 0 Å². The summed E-state index contributed by atoms with van der Waals surface area (Å²) in [5.74, 6) is -0.492. The highest BCUT2D eigenvalue weighted by Crippen LogP contribution is 2.18. The van der Waals surface area contributed by atoms with Crippen LogP contribution in [0.3, 0.4) is 0 Å². The van der Waals surface area contributed by atoms with Crippen LogP contribution < -0.4 is 5.32 Å². The van der Waals surface area contributed by atoms with Gasteiger partial charge in [0, 0.05) is 6.42 Å². The lowest BCUT2D eigenvalue weighted by Crippen LogP contribution is -2.46. The monoisotopic (exact) mass is 844 g/mol. The minimum atomic E-state index is -0.790. The summed E-state index contributed by atoms with van der Waals surface area (Å²) in [5, 5.41) is 23.7. The molecule has 0 aliphatic heterocycles. The zero-order valence-corrected chi connectivity index (χ0v) is 40.1. The summed E-state index contributed by atoms with van der Waals surface area (Å²) in [6, 6.07) is -0.704. The van der Waals surface area contributed by atoms with E-state index in [2.05, 4.69) is 62.5 Å². The van der Waals surface area contributed by atoms with E-state index in [-0.39, 0.29) is 24.9 Å². The van der Waals surface area contributed by atoms with E-state index in [1.54, 1.807) is 0 Å². The second-order valence-corrected chi connectivity index (χ2v) is 17.9. The van der Waals surface area contributed by atoms with Crippen molar-refractivity contribution in [2.45, 2.75) is 289 Å². The van der Waals surface area contributed by atoms with Gasteiger partial charge in [-0.1, -0.05) is 218 Å². The summed E-state index contributed by atoms with van der Waals surface area (Å²) in [4.78, 5) is 26.1. The van der Waals surface area contributed by atoms with Crippen molar-refractivity contribution >= 4 is 11.9 Å². The summed E-state index contributed by atoms with van der Waals surface area (Å²) in [6.07, 6.45) is 56.3. The van der Waals surface area contributed by atoms with Crippen LogP contribution in [0.4, 0.5) is 0 Å². The van der Waals surface area contributed by atoms with E-state index in [0.29, 0.717) is 19.3 Å². The molecule has 0 radical (unpaired) electrons. The largest absolute Gasteiger partial charge is 0.462 e. The van der Waals surface area contributed by atoms with Crippen LogP contribution in [-0.4, -0.2) is 46.9 Å². The smallest absolute Gasteiger partial charge is 0.306 e. The minimum Gasteiger partial charge on any atom is -0.462 e. The third-order valence-electron chi connectivity index (χ3n) is 12.0. The molecule has 0 aromatic heterocycles. The average Bonchev–Trinajstić information content (AvgIpc) is 3.24. The van der Waals surface area contributed by atoms with E-state index in [1.165, 1.54) is 148 Å². The van der Waals surface area contributed by atoms with Crippen molar-refractivity contribution in [3.63, 3.8) is 0 Å². The predicted octanol–water partition coefficient (Wildman–Crippen LogP) is 15.7. The van der Waals surface area contributed by atoms with Gasteiger partial charge >= 0.3 is 5.97 Å². The van der Waals surface area contributed by atoms with E-state index in [1.807, 2.05) is 0 Å². The maximum Gasteiger partial charge on any atom is 0.306 e. The summed E-state index contributed by atoms with van der Waals surface area (Å²) in [7, 11) is 0. The normalized spacial score (nSPS) is 13.5. The predicted molar refractivity (Wildman–Crippen MR) is 259 cm³/mol. The Balaban J connectivity index is 4.57. The van der Waals surface area contributed by atoms with Crippen molar-refractivity contribution in [3.8, 4) is 0 Å². The molecule has 3 unspecified atom stereocenters. The van der Waals surface area contributed by atoms with Gasteiger partial charge in [0.1, 0.15) is 6.10 Å². The number of hydrogen-bond acceptors (Lipinski definition) is 5. The van der Waals surface area contributed by atoms with Crippen LogP contribution in [0.5, 0.6) is 0 Å². The first kappa shape index (κ1) is 58.1. The van der Waals surface area contributed by atoms with Crippen LogP contribution in [0.2, 0.25) is 0 Å².